The molecule has 0 bridgehead atoms. The van der Waals surface area contributed by atoms with Crippen LogP contribution >= 0.6 is 0 Å². The second kappa shape index (κ2) is 7.08. The number of hydrogen-bond donors (Lipinski definition) is 3. The zero-order valence-corrected chi connectivity index (χ0v) is 13.1. The maximum absolute atomic E-state index is 12.0. The van der Waals surface area contributed by atoms with Gasteiger partial charge < -0.3 is 15.2 Å². The Hall–Kier alpha value is -1.64. The van der Waals surface area contributed by atoms with Crippen molar-refractivity contribution in [3.8, 4) is 5.75 Å². The van der Waals surface area contributed by atoms with Crippen LogP contribution in [0.25, 0.3) is 0 Å². The van der Waals surface area contributed by atoms with E-state index in [1.165, 1.54) is 18.2 Å². The summed E-state index contributed by atoms with van der Waals surface area (Å²) in [6, 6.07) is 4.29. The van der Waals surface area contributed by atoms with Crippen molar-refractivity contribution >= 4 is 21.6 Å². The summed E-state index contributed by atoms with van der Waals surface area (Å²) in [5.74, 6) is 0.195. The standard InChI is InChI=1S/C14H20N2O5S/c1-2-3-4-13-14(18)16-11-9-10(5-6-12(11)21-13)22(19,20)15-7-8-17/h5-6,9,13,15,17H,2-4,7-8H2,1H3,(H,16,18)/t13-/m1/s1. The molecular weight excluding hydrogens is 308 g/mol. The summed E-state index contributed by atoms with van der Waals surface area (Å²) in [6.07, 6.45) is 1.93. The molecule has 0 aliphatic carbocycles. The number of aliphatic hydroxyl groups excluding tert-OH is 1. The molecule has 0 radical (unpaired) electrons. The van der Waals surface area contributed by atoms with Crippen molar-refractivity contribution in [2.24, 2.45) is 0 Å². The van der Waals surface area contributed by atoms with Gasteiger partial charge in [-0.05, 0) is 31.0 Å². The summed E-state index contributed by atoms with van der Waals surface area (Å²) in [7, 11) is -3.72. The quantitative estimate of drug-likeness (QED) is 0.688. The van der Waals surface area contributed by atoms with Crippen molar-refractivity contribution in [3.05, 3.63) is 18.2 Å². The zero-order chi connectivity index (χ0) is 16.2. The summed E-state index contributed by atoms with van der Waals surface area (Å²) >= 11 is 0. The fraction of sp³-hybridized carbons (Fsp3) is 0.500. The molecule has 0 saturated carbocycles. The Morgan fingerprint density at radius 1 is 1.41 bits per heavy atom. The number of hydrogen-bond acceptors (Lipinski definition) is 5. The lowest BCUT2D eigenvalue weighted by Gasteiger charge is -2.26. The van der Waals surface area contributed by atoms with Gasteiger partial charge in [0.25, 0.3) is 5.91 Å². The molecule has 1 amide bonds. The maximum Gasteiger partial charge on any atom is 0.265 e. The third-order valence-corrected chi connectivity index (χ3v) is 4.76. The third kappa shape index (κ3) is 3.76. The number of rotatable bonds is 7. The van der Waals surface area contributed by atoms with Gasteiger partial charge in [0, 0.05) is 6.54 Å². The first-order chi connectivity index (χ1) is 10.5. The van der Waals surface area contributed by atoms with E-state index in [1.54, 1.807) is 0 Å². The first-order valence-electron chi connectivity index (χ1n) is 7.20. The number of carbonyl (C=O) groups is 1. The number of nitrogens with one attached hydrogen (secondary N) is 2. The van der Waals surface area contributed by atoms with Gasteiger partial charge in [-0.1, -0.05) is 13.3 Å². The number of carbonyl (C=O) groups excluding carboxylic acids is 1. The second-order valence-electron chi connectivity index (χ2n) is 5.02. The molecule has 1 aromatic carbocycles. The highest BCUT2D eigenvalue weighted by atomic mass is 32.2. The molecule has 1 heterocycles. The van der Waals surface area contributed by atoms with Crippen LogP contribution in [-0.2, 0) is 14.8 Å². The fourth-order valence-electron chi connectivity index (χ4n) is 2.14. The zero-order valence-electron chi connectivity index (χ0n) is 12.3. The summed E-state index contributed by atoms with van der Waals surface area (Å²) in [6.45, 7) is 1.68. The Balaban J connectivity index is 2.20. The molecule has 122 valence electrons. The normalized spacial score (nSPS) is 17.5. The third-order valence-electron chi connectivity index (χ3n) is 3.30. The number of fused-ring (bicyclic) bond motifs is 1. The summed E-state index contributed by atoms with van der Waals surface area (Å²) in [5, 5.41) is 11.4. The van der Waals surface area contributed by atoms with Gasteiger partial charge >= 0.3 is 0 Å². The molecule has 3 N–H and O–H groups in total. The van der Waals surface area contributed by atoms with Gasteiger partial charge in [-0.25, -0.2) is 13.1 Å². The van der Waals surface area contributed by atoms with Crippen LogP contribution in [0.4, 0.5) is 5.69 Å². The van der Waals surface area contributed by atoms with Crippen LogP contribution in [0.15, 0.2) is 23.1 Å². The van der Waals surface area contributed by atoms with E-state index in [0.717, 1.165) is 12.8 Å². The van der Waals surface area contributed by atoms with Crippen LogP contribution in [-0.4, -0.2) is 38.7 Å². The number of sulfonamides is 1. The minimum atomic E-state index is -3.72. The molecule has 1 aromatic rings. The molecule has 2 rings (SSSR count). The molecule has 1 aliphatic rings. The first kappa shape index (κ1) is 16.7. The van der Waals surface area contributed by atoms with Crippen LogP contribution in [0.1, 0.15) is 26.2 Å². The SMILES string of the molecule is CCCC[C@H]1Oc2ccc(S(=O)(=O)NCCO)cc2NC1=O. The highest BCUT2D eigenvalue weighted by Crippen LogP contribution is 2.32. The molecule has 0 saturated heterocycles. The van der Waals surface area contributed by atoms with Gasteiger partial charge in [-0.15, -0.1) is 0 Å². The molecule has 7 nitrogen and oxygen atoms in total. The van der Waals surface area contributed by atoms with Gasteiger partial charge in [0.2, 0.25) is 10.0 Å². The average Bonchev–Trinajstić information content (AvgIpc) is 2.50. The van der Waals surface area contributed by atoms with Crippen molar-refractivity contribution in [1.29, 1.82) is 0 Å². The van der Waals surface area contributed by atoms with E-state index in [0.29, 0.717) is 17.9 Å². The maximum atomic E-state index is 12.0. The predicted molar refractivity (Wildman–Crippen MR) is 81.3 cm³/mol. The van der Waals surface area contributed by atoms with Crippen LogP contribution in [0.5, 0.6) is 5.75 Å². The molecular formula is C14H20N2O5S. The van der Waals surface area contributed by atoms with E-state index in [2.05, 4.69) is 10.0 Å². The molecule has 0 aromatic heterocycles. The monoisotopic (exact) mass is 328 g/mol. The van der Waals surface area contributed by atoms with Gasteiger partial charge in [0.15, 0.2) is 6.10 Å². The van der Waals surface area contributed by atoms with Gasteiger partial charge in [-0.3, -0.25) is 4.79 Å². The van der Waals surface area contributed by atoms with E-state index < -0.39 is 16.1 Å². The van der Waals surface area contributed by atoms with E-state index in [1.807, 2.05) is 6.92 Å². The number of ether oxygens (including phenoxy) is 1. The second-order valence-corrected chi connectivity index (χ2v) is 6.78. The minimum absolute atomic E-state index is 0.00982. The number of benzene rings is 1. The molecule has 1 aliphatic heterocycles. The predicted octanol–water partition coefficient (Wildman–Crippen LogP) is 0.847. The van der Waals surface area contributed by atoms with Crippen LogP contribution < -0.4 is 14.8 Å². The lowest BCUT2D eigenvalue weighted by molar-refractivity contribution is -0.123. The Morgan fingerprint density at radius 2 is 2.18 bits per heavy atom. The molecule has 0 unspecified atom stereocenters. The van der Waals surface area contributed by atoms with E-state index in [-0.39, 0.29) is 24.0 Å². The van der Waals surface area contributed by atoms with Crippen molar-refractivity contribution in [2.45, 2.75) is 37.2 Å². The van der Waals surface area contributed by atoms with Gasteiger partial charge in [-0.2, -0.15) is 0 Å². The van der Waals surface area contributed by atoms with E-state index >= 15 is 0 Å². The highest BCUT2D eigenvalue weighted by molar-refractivity contribution is 7.89. The molecule has 8 heteroatoms. The summed E-state index contributed by atoms with van der Waals surface area (Å²) in [4.78, 5) is 12.0. The Morgan fingerprint density at radius 3 is 2.86 bits per heavy atom. The summed E-state index contributed by atoms with van der Waals surface area (Å²) < 4.78 is 31.9. The Kier molecular flexibility index (Phi) is 5.38. The highest BCUT2D eigenvalue weighted by Gasteiger charge is 2.28. The lowest BCUT2D eigenvalue weighted by atomic mass is 10.1. The van der Waals surface area contributed by atoms with Gasteiger partial charge in [0.05, 0.1) is 17.2 Å². The van der Waals surface area contributed by atoms with Crippen LogP contribution in [0, 0.1) is 0 Å². The fourth-order valence-corrected chi connectivity index (χ4v) is 3.19. The Bertz CT molecular complexity index is 645. The lowest BCUT2D eigenvalue weighted by Crippen LogP contribution is -2.37. The van der Waals surface area contributed by atoms with Crippen LogP contribution in [0.2, 0.25) is 0 Å². The number of anilines is 1. The molecule has 22 heavy (non-hydrogen) atoms. The largest absolute Gasteiger partial charge is 0.478 e. The smallest absolute Gasteiger partial charge is 0.265 e. The number of amides is 1. The Labute approximate surface area is 129 Å². The van der Waals surface area contributed by atoms with Crippen molar-refractivity contribution in [3.63, 3.8) is 0 Å². The molecule has 0 fully saturated rings. The number of unbranched alkanes of at least 4 members (excludes halogenated alkanes) is 1. The number of aliphatic hydroxyl groups is 1. The molecule has 0 spiro atoms. The average molecular weight is 328 g/mol. The topological polar surface area (TPSA) is 105 Å². The van der Waals surface area contributed by atoms with Crippen molar-refractivity contribution < 1.29 is 23.1 Å². The minimum Gasteiger partial charge on any atom is -0.478 e. The molecule has 1 atom stereocenters. The van der Waals surface area contributed by atoms with Crippen molar-refractivity contribution in [2.75, 3.05) is 18.5 Å². The van der Waals surface area contributed by atoms with E-state index in [9.17, 15) is 13.2 Å². The van der Waals surface area contributed by atoms with Gasteiger partial charge in [0.1, 0.15) is 5.75 Å². The first-order valence-corrected chi connectivity index (χ1v) is 8.68. The summed E-state index contributed by atoms with van der Waals surface area (Å²) in [5.41, 5.74) is 0.338. The van der Waals surface area contributed by atoms with Crippen molar-refractivity contribution in [1.82, 2.24) is 4.72 Å². The van der Waals surface area contributed by atoms with E-state index in [4.69, 9.17) is 9.84 Å². The van der Waals surface area contributed by atoms with Crippen LogP contribution in [0.3, 0.4) is 0 Å².